The molecule has 1 aliphatic carbocycles. The first kappa shape index (κ1) is 21.8. The minimum absolute atomic E-state index is 0.0619. The molecule has 1 amide bonds. The van der Waals surface area contributed by atoms with Crippen molar-refractivity contribution >= 4 is 17.5 Å². The Labute approximate surface area is 176 Å². The second kappa shape index (κ2) is 9.71. The highest BCUT2D eigenvalue weighted by Crippen LogP contribution is 2.29. The van der Waals surface area contributed by atoms with Gasteiger partial charge in [-0.15, -0.1) is 0 Å². The Kier molecular flexibility index (Phi) is 7.05. The lowest BCUT2D eigenvalue weighted by molar-refractivity contribution is -0.135. The average Bonchev–Trinajstić information content (AvgIpc) is 2.78. The second-order valence-electron chi connectivity index (χ2n) is 7.27. The summed E-state index contributed by atoms with van der Waals surface area (Å²) in [5.74, 6) is -0.715. The summed E-state index contributed by atoms with van der Waals surface area (Å²) in [6.07, 6.45) is 1.25. The topological polar surface area (TPSA) is 82.1 Å². The number of aryl methyl sites for hydroxylation is 1. The molecule has 0 saturated carbocycles. The normalized spacial score (nSPS) is 17.5. The van der Waals surface area contributed by atoms with Gasteiger partial charge in [0.05, 0.1) is 27.4 Å². The number of nitrogens with zero attached hydrogens (tertiary/aromatic N) is 1. The Morgan fingerprint density at radius 3 is 2.23 bits per heavy atom. The lowest BCUT2D eigenvalue weighted by atomic mass is 9.87. The van der Waals surface area contributed by atoms with Crippen LogP contribution in [0.4, 0.5) is 0 Å². The van der Waals surface area contributed by atoms with Gasteiger partial charge >= 0.3 is 0 Å². The average molecular weight is 413 g/mol. The smallest absolute Gasteiger partial charge is 0.228 e. The number of hydrogen-bond donors (Lipinski definition) is 0. The fourth-order valence-corrected chi connectivity index (χ4v) is 3.78. The van der Waals surface area contributed by atoms with Gasteiger partial charge in [0.25, 0.3) is 0 Å². The predicted molar refractivity (Wildman–Crippen MR) is 110 cm³/mol. The van der Waals surface area contributed by atoms with Gasteiger partial charge in [0.2, 0.25) is 29.0 Å². The van der Waals surface area contributed by atoms with Crippen LogP contribution in [-0.4, -0.2) is 62.9 Å². The van der Waals surface area contributed by atoms with Crippen LogP contribution in [0.1, 0.15) is 24.5 Å². The van der Waals surface area contributed by atoms with Gasteiger partial charge in [-0.3, -0.25) is 14.4 Å². The van der Waals surface area contributed by atoms with Crippen molar-refractivity contribution < 1.29 is 28.6 Å². The van der Waals surface area contributed by atoms with Gasteiger partial charge in [-0.25, -0.2) is 0 Å². The molecule has 0 spiro atoms. The summed E-state index contributed by atoms with van der Waals surface area (Å²) >= 11 is 0. The van der Waals surface area contributed by atoms with E-state index < -0.39 is 0 Å². The van der Waals surface area contributed by atoms with Gasteiger partial charge in [-0.2, -0.15) is 0 Å². The maximum atomic E-state index is 12.9. The van der Waals surface area contributed by atoms with Crippen molar-refractivity contribution in [3.63, 3.8) is 0 Å². The summed E-state index contributed by atoms with van der Waals surface area (Å²) < 4.78 is 15.5. The molecule has 1 fully saturated rings. The molecule has 0 N–H and O–H groups in total. The maximum Gasteiger partial charge on any atom is 0.228 e. The van der Waals surface area contributed by atoms with Gasteiger partial charge in [-0.1, -0.05) is 24.3 Å². The van der Waals surface area contributed by atoms with Gasteiger partial charge in [0, 0.05) is 37.1 Å². The van der Waals surface area contributed by atoms with Crippen LogP contribution in [0.2, 0.25) is 0 Å². The van der Waals surface area contributed by atoms with E-state index in [9.17, 15) is 14.4 Å². The van der Waals surface area contributed by atoms with E-state index in [0.717, 1.165) is 11.1 Å². The number of allylic oxidation sites excluding steroid dienone is 2. The van der Waals surface area contributed by atoms with Crippen LogP contribution in [0.3, 0.4) is 0 Å². The number of carbonyl (C=O) groups excluding carboxylic acids is 3. The van der Waals surface area contributed by atoms with Crippen LogP contribution in [0.5, 0.6) is 0 Å². The van der Waals surface area contributed by atoms with E-state index in [1.165, 1.54) is 14.2 Å². The molecular weight excluding hydrogens is 386 g/mol. The Morgan fingerprint density at radius 1 is 1.00 bits per heavy atom. The van der Waals surface area contributed by atoms with Crippen LogP contribution in [-0.2, 0) is 41.4 Å². The fraction of sp³-hybridized carbons (Fsp3) is 0.435. The molecule has 7 heteroatoms. The lowest BCUT2D eigenvalue weighted by Gasteiger charge is -2.27. The number of Topliss-reactive ketones (excluding diaryl/α,β-unsaturated/α-hetero) is 2. The van der Waals surface area contributed by atoms with Gasteiger partial charge in [-0.05, 0) is 24.5 Å². The largest absolute Gasteiger partial charge is 0.489 e. The van der Waals surface area contributed by atoms with E-state index in [-0.39, 0.29) is 29.0 Å². The van der Waals surface area contributed by atoms with E-state index in [0.29, 0.717) is 56.7 Å². The van der Waals surface area contributed by atoms with Crippen LogP contribution < -0.4 is 0 Å². The number of methoxy groups -OCH3 is 2. The summed E-state index contributed by atoms with van der Waals surface area (Å²) in [7, 11) is 2.70. The number of carbonyl (C=O) groups is 3. The van der Waals surface area contributed by atoms with Crippen molar-refractivity contribution in [1.82, 2.24) is 4.90 Å². The molecule has 7 nitrogen and oxygen atoms in total. The van der Waals surface area contributed by atoms with Crippen molar-refractivity contribution in [1.29, 1.82) is 0 Å². The number of ketones is 2. The third-order valence-corrected chi connectivity index (χ3v) is 5.55. The molecule has 0 aromatic heterocycles. The molecule has 1 saturated heterocycles. The zero-order valence-electron chi connectivity index (χ0n) is 17.7. The van der Waals surface area contributed by atoms with Crippen LogP contribution >= 0.6 is 0 Å². The van der Waals surface area contributed by atoms with Gasteiger partial charge in [0.15, 0.2) is 0 Å². The van der Waals surface area contributed by atoms with E-state index >= 15 is 0 Å². The van der Waals surface area contributed by atoms with Crippen molar-refractivity contribution in [2.45, 2.75) is 26.2 Å². The molecule has 160 valence electrons. The first-order chi connectivity index (χ1) is 14.5. The zero-order valence-corrected chi connectivity index (χ0v) is 17.7. The molecule has 1 aliphatic heterocycles. The SMILES string of the molecule is COC1=C(OC)C(=O)C(Cc2ccccc2CCC(=O)N2CCOCC2)=C(C)C1=O. The Morgan fingerprint density at radius 2 is 1.60 bits per heavy atom. The molecular formula is C23H27NO6. The first-order valence-electron chi connectivity index (χ1n) is 10.0. The molecule has 0 atom stereocenters. The van der Waals surface area contributed by atoms with Crippen molar-refractivity contribution in [3.8, 4) is 0 Å². The van der Waals surface area contributed by atoms with Crippen LogP contribution in [0, 0.1) is 0 Å². The highest BCUT2D eigenvalue weighted by atomic mass is 16.5. The highest BCUT2D eigenvalue weighted by Gasteiger charge is 2.34. The fourth-order valence-electron chi connectivity index (χ4n) is 3.78. The van der Waals surface area contributed by atoms with Crippen molar-refractivity contribution in [3.05, 3.63) is 58.1 Å². The first-order valence-corrected chi connectivity index (χ1v) is 10.0. The molecule has 3 rings (SSSR count). The number of morpholine rings is 1. The third kappa shape index (κ3) is 4.46. The number of ether oxygens (including phenoxy) is 3. The summed E-state index contributed by atoms with van der Waals surface area (Å²) in [5, 5.41) is 0. The molecule has 0 unspecified atom stereocenters. The highest BCUT2D eigenvalue weighted by molar-refractivity contribution is 6.23. The maximum absolute atomic E-state index is 12.9. The molecule has 30 heavy (non-hydrogen) atoms. The van der Waals surface area contributed by atoms with Gasteiger partial charge < -0.3 is 19.1 Å². The number of hydrogen-bond acceptors (Lipinski definition) is 6. The number of amides is 1. The number of rotatable bonds is 7. The molecule has 1 aromatic rings. The Hall–Kier alpha value is -2.93. The minimum atomic E-state index is -0.344. The van der Waals surface area contributed by atoms with Crippen LogP contribution in [0.15, 0.2) is 46.9 Å². The third-order valence-electron chi connectivity index (χ3n) is 5.55. The summed E-state index contributed by atoms with van der Waals surface area (Å²) in [4.78, 5) is 39.9. The second-order valence-corrected chi connectivity index (χ2v) is 7.27. The van der Waals surface area contributed by atoms with E-state index in [2.05, 4.69) is 0 Å². The van der Waals surface area contributed by atoms with E-state index in [1.54, 1.807) is 6.92 Å². The van der Waals surface area contributed by atoms with Crippen molar-refractivity contribution in [2.75, 3.05) is 40.5 Å². The molecule has 2 aliphatic rings. The van der Waals surface area contributed by atoms with E-state index in [1.807, 2.05) is 29.2 Å². The van der Waals surface area contributed by atoms with Crippen LogP contribution in [0.25, 0.3) is 0 Å². The Balaban J connectivity index is 1.77. The summed E-state index contributed by atoms with van der Waals surface area (Å²) in [5.41, 5.74) is 2.65. The molecule has 1 heterocycles. The summed E-state index contributed by atoms with van der Waals surface area (Å²) in [6.45, 7) is 4.02. The molecule has 1 aromatic carbocycles. The monoisotopic (exact) mass is 413 g/mol. The van der Waals surface area contributed by atoms with E-state index in [4.69, 9.17) is 14.2 Å². The predicted octanol–water partition coefficient (Wildman–Crippen LogP) is 1.99. The molecule has 0 radical (unpaired) electrons. The quantitative estimate of drug-likeness (QED) is 0.636. The Bertz CT molecular complexity index is 908. The summed E-state index contributed by atoms with van der Waals surface area (Å²) in [6, 6.07) is 7.69. The minimum Gasteiger partial charge on any atom is -0.489 e. The standard InChI is InChI=1S/C23H27NO6/c1-15-18(21(27)23(29-3)22(28-2)20(15)26)14-17-7-5-4-6-16(17)8-9-19(25)24-10-12-30-13-11-24/h4-7H,8-14H2,1-3H3. The number of benzene rings is 1. The van der Waals surface area contributed by atoms with Crippen molar-refractivity contribution in [2.24, 2.45) is 0 Å². The molecule has 0 bridgehead atoms. The lowest BCUT2D eigenvalue weighted by Crippen LogP contribution is -2.40. The zero-order chi connectivity index (χ0) is 21.7. The van der Waals surface area contributed by atoms with Gasteiger partial charge in [0.1, 0.15) is 0 Å².